The zero-order valence-electron chi connectivity index (χ0n) is 34.6. The molecule has 9 nitrogen and oxygen atoms in total. The number of esters is 1. The molecule has 9 heteroatoms. The van der Waals surface area contributed by atoms with Crippen molar-refractivity contribution in [3.8, 4) is 23.0 Å². The van der Waals surface area contributed by atoms with Crippen LogP contribution in [0, 0.1) is 44.1 Å². The lowest BCUT2D eigenvalue weighted by Crippen LogP contribution is -2.33. The second-order valence-corrected chi connectivity index (χ2v) is 16.6. The van der Waals surface area contributed by atoms with Crippen molar-refractivity contribution in [1.82, 2.24) is 14.6 Å². The third kappa shape index (κ3) is 8.67. The SMILES string of the molecule is [C-]#[N+]c1c(CC2C(C)CC(C)CC2C)c2nc(-c3cccc(NC(=O)C(CCCCCC)Oc4ccc(C)cc4C)c3)[nH]n2c1OC(=O)c1cccc2ccccc12. The minimum atomic E-state index is -0.661. The van der Waals surface area contributed by atoms with Crippen molar-refractivity contribution in [3.63, 3.8) is 0 Å². The number of anilines is 1. The summed E-state index contributed by atoms with van der Waals surface area (Å²) in [6.07, 6.45) is 6.97. The molecule has 1 aliphatic rings. The third-order valence-electron chi connectivity index (χ3n) is 12.0. The third-order valence-corrected chi connectivity index (χ3v) is 12.0. The number of benzene rings is 4. The zero-order chi connectivity index (χ0) is 40.9. The summed E-state index contributed by atoms with van der Waals surface area (Å²) in [7, 11) is 0. The molecule has 1 aliphatic carbocycles. The molecule has 0 saturated heterocycles. The number of aromatic nitrogens is 3. The van der Waals surface area contributed by atoms with Gasteiger partial charge in [-0.05, 0) is 110 Å². The molecule has 2 N–H and O–H groups in total. The van der Waals surface area contributed by atoms with Crippen molar-refractivity contribution >= 4 is 39.7 Å². The molecule has 1 amide bonds. The van der Waals surface area contributed by atoms with Crippen molar-refractivity contribution in [2.45, 2.75) is 99.0 Å². The van der Waals surface area contributed by atoms with E-state index in [1.165, 1.54) is 0 Å². The zero-order valence-corrected chi connectivity index (χ0v) is 34.6. The van der Waals surface area contributed by atoms with E-state index in [0.717, 1.165) is 71.6 Å². The number of ether oxygens (including phenoxy) is 2. The van der Waals surface area contributed by atoms with E-state index in [4.69, 9.17) is 21.0 Å². The Morgan fingerprint density at radius 3 is 2.47 bits per heavy atom. The summed E-state index contributed by atoms with van der Waals surface area (Å²) in [5.41, 5.74) is 5.52. The number of aryl methyl sites for hydroxylation is 2. The van der Waals surface area contributed by atoms with Crippen LogP contribution in [0.1, 0.15) is 99.7 Å². The van der Waals surface area contributed by atoms with Gasteiger partial charge in [0.05, 0.1) is 12.1 Å². The Hall–Kier alpha value is -5.88. The second-order valence-electron chi connectivity index (χ2n) is 16.6. The van der Waals surface area contributed by atoms with E-state index in [9.17, 15) is 9.59 Å². The van der Waals surface area contributed by atoms with Gasteiger partial charge in [-0.3, -0.25) is 9.89 Å². The molecule has 0 radical (unpaired) electrons. The number of hydrogen-bond donors (Lipinski definition) is 2. The van der Waals surface area contributed by atoms with Gasteiger partial charge in [0, 0.05) is 16.8 Å². The smallest absolute Gasteiger partial charge is 0.344 e. The van der Waals surface area contributed by atoms with Crippen LogP contribution in [0.15, 0.2) is 84.9 Å². The van der Waals surface area contributed by atoms with E-state index in [2.05, 4.69) is 49.0 Å². The van der Waals surface area contributed by atoms with Crippen molar-refractivity contribution in [1.29, 1.82) is 0 Å². The Morgan fingerprint density at radius 1 is 0.948 bits per heavy atom. The average molecular weight is 778 g/mol. The van der Waals surface area contributed by atoms with Gasteiger partial charge >= 0.3 is 5.97 Å². The first kappa shape index (κ1) is 40.3. The van der Waals surface area contributed by atoms with Crippen molar-refractivity contribution in [3.05, 3.63) is 119 Å². The number of amides is 1. The highest BCUT2D eigenvalue weighted by molar-refractivity contribution is 6.05. The fourth-order valence-electron chi connectivity index (χ4n) is 9.07. The molecule has 2 heterocycles. The first-order chi connectivity index (χ1) is 28.0. The molecule has 0 spiro atoms. The number of hydrogen-bond acceptors (Lipinski definition) is 5. The first-order valence-corrected chi connectivity index (χ1v) is 20.9. The van der Waals surface area contributed by atoms with E-state index in [-0.39, 0.29) is 11.8 Å². The fourth-order valence-corrected chi connectivity index (χ4v) is 9.07. The van der Waals surface area contributed by atoms with E-state index in [1.807, 2.05) is 86.6 Å². The van der Waals surface area contributed by atoms with Gasteiger partial charge in [-0.2, -0.15) is 0 Å². The van der Waals surface area contributed by atoms with Crippen LogP contribution in [0.2, 0.25) is 0 Å². The minimum absolute atomic E-state index is 0.125. The van der Waals surface area contributed by atoms with Crippen LogP contribution < -0.4 is 14.8 Å². The number of nitrogens with one attached hydrogen (secondary N) is 2. The number of nitrogens with zero attached hydrogens (tertiary/aromatic N) is 3. The van der Waals surface area contributed by atoms with Gasteiger partial charge in [-0.15, -0.1) is 0 Å². The molecule has 4 aromatic carbocycles. The molecular formula is C49H55N5O4. The number of fused-ring (bicyclic) bond motifs is 2. The standard InChI is InChI=1S/C49H55N5O4/c1-8-9-10-11-22-43(57-42-24-23-30(2)25-34(42)6)47(55)51-37-19-14-18-36(28-37)45-52-46-41(29-40-32(4)26-31(3)27-33(40)5)44(50-7)48(54(46)53-45)58-49(56)39-21-15-17-35-16-12-13-20-38(35)39/h12-21,23-25,28,31-33,40,43H,8-11,22,26-27,29H2,1-6H3,(H,51,55)(H,52,53). The lowest BCUT2D eigenvalue weighted by Gasteiger charge is -2.38. The van der Waals surface area contributed by atoms with Crippen LogP contribution in [0.5, 0.6) is 11.6 Å². The summed E-state index contributed by atoms with van der Waals surface area (Å²) in [6, 6.07) is 26.8. The highest BCUT2D eigenvalue weighted by atomic mass is 16.5. The number of aromatic amines is 1. The molecule has 3 atom stereocenters. The van der Waals surface area contributed by atoms with Crippen molar-refractivity contribution in [2.75, 3.05) is 5.32 Å². The lowest BCUT2D eigenvalue weighted by molar-refractivity contribution is -0.123. The lowest BCUT2D eigenvalue weighted by atomic mass is 9.67. The summed E-state index contributed by atoms with van der Waals surface area (Å²) >= 11 is 0. The number of H-pyrrole nitrogens is 1. The topological polar surface area (TPSA) is 102 Å². The van der Waals surface area contributed by atoms with Crippen LogP contribution >= 0.6 is 0 Å². The van der Waals surface area contributed by atoms with Crippen molar-refractivity contribution < 1.29 is 19.1 Å². The molecule has 1 fully saturated rings. The number of carbonyl (C=O) groups excluding carboxylic acids is 2. The molecular weight excluding hydrogens is 723 g/mol. The monoisotopic (exact) mass is 777 g/mol. The van der Waals surface area contributed by atoms with Gasteiger partial charge in [0.2, 0.25) is 5.88 Å². The number of carbonyl (C=O) groups is 2. The summed E-state index contributed by atoms with van der Waals surface area (Å²) in [4.78, 5) is 37.0. The number of unbranched alkanes of at least 4 members (excludes halogenated alkanes) is 3. The van der Waals surface area contributed by atoms with Crippen LogP contribution in [-0.4, -0.2) is 32.6 Å². The first-order valence-electron chi connectivity index (χ1n) is 20.9. The normalized spacial score (nSPS) is 18.5. The maximum Gasteiger partial charge on any atom is 0.344 e. The van der Waals surface area contributed by atoms with Crippen molar-refractivity contribution in [2.24, 2.45) is 23.7 Å². The summed E-state index contributed by atoms with van der Waals surface area (Å²) < 4.78 is 14.2. The molecule has 1 saturated carbocycles. The van der Waals surface area contributed by atoms with E-state index in [0.29, 0.717) is 70.7 Å². The van der Waals surface area contributed by atoms with Gasteiger partial charge in [0.15, 0.2) is 11.9 Å². The molecule has 0 bridgehead atoms. The largest absolute Gasteiger partial charge is 0.480 e. The second kappa shape index (κ2) is 17.7. The Bertz CT molecular complexity index is 2460. The molecule has 7 rings (SSSR count). The highest BCUT2D eigenvalue weighted by Gasteiger charge is 2.35. The van der Waals surface area contributed by atoms with Gasteiger partial charge < -0.3 is 14.8 Å². The summed E-state index contributed by atoms with van der Waals surface area (Å²) in [6.45, 7) is 21.5. The molecule has 0 aliphatic heterocycles. The predicted molar refractivity (Wildman–Crippen MR) is 232 cm³/mol. The van der Waals surface area contributed by atoms with E-state index in [1.54, 1.807) is 10.6 Å². The molecule has 6 aromatic rings. The average Bonchev–Trinajstić information content (AvgIpc) is 3.75. The van der Waals surface area contributed by atoms with Gasteiger partial charge in [-0.1, -0.05) is 113 Å². The maximum absolute atomic E-state index is 14.0. The van der Waals surface area contributed by atoms with Crippen LogP contribution in [0.4, 0.5) is 11.4 Å². The quantitative estimate of drug-likeness (QED) is 0.0651. The van der Waals surface area contributed by atoms with Crippen LogP contribution in [0.3, 0.4) is 0 Å². The summed E-state index contributed by atoms with van der Waals surface area (Å²) in [5.74, 6) is 2.50. The van der Waals surface area contributed by atoms with Gasteiger partial charge in [0.1, 0.15) is 11.4 Å². The molecule has 3 unspecified atom stereocenters. The Morgan fingerprint density at radius 2 is 1.71 bits per heavy atom. The fraction of sp³-hybridized carbons (Fsp3) is 0.388. The highest BCUT2D eigenvalue weighted by Crippen LogP contribution is 2.45. The van der Waals surface area contributed by atoms with Gasteiger partial charge in [0.25, 0.3) is 11.6 Å². The minimum Gasteiger partial charge on any atom is -0.480 e. The van der Waals surface area contributed by atoms with Crippen LogP contribution in [-0.2, 0) is 11.2 Å². The predicted octanol–water partition coefficient (Wildman–Crippen LogP) is 12.1. The van der Waals surface area contributed by atoms with Crippen LogP contribution in [0.25, 0.3) is 32.7 Å². The maximum atomic E-state index is 14.0. The molecule has 58 heavy (non-hydrogen) atoms. The van der Waals surface area contributed by atoms with E-state index >= 15 is 0 Å². The Kier molecular flexibility index (Phi) is 12.3. The Labute approximate surface area is 342 Å². The summed E-state index contributed by atoms with van der Waals surface area (Å²) in [5, 5.41) is 8.19. The van der Waals surface area contributed by atoms with E-state index < -0.39 is 12.1 Å². The Balaban J connectivity index is 1.22. The molecule has 2 aromatic heterocycles. The molecule has 300 valence electrons. The van der Waals surface area contributed by atoms with Gasteiger partial charge in [-0.25, -0.2) is 19.1 Å². The number of rotatable bonds is 14.